The Morgan fingerprint density at radius 3 is 2.04 bits per heavy atom. The number of rotatable bonds is 5. The zero-order valence-corrected chi connectivity index (χ0v) is 15.3. The third-order valence-electron chi connectivity index (χ3n) is 3.66. The lowest BCUT2D eigenvalue weighted by Crippen LogP contribution is -2.08. The summed E-state index contributed by atoms with van der Waals surface area (Å²) in [6.07, 6.45) is 3.29. The molecule has 0 aromatic heterocycles. The number of hydrogen-bond acceptors (Lipinski definition) is 3. The lowest BCUT2D eigenvalue weighted by Gasteiger charge is -2.05. The maximum Gasteiger partial charge on any atom is 0.343 e. The van der Waals surface area contributed by atoms with Crippen molar-refractivity contribution in [1.82, 2.24) is 0 Å². The summed E-state index contributed by atoms with van der Waals surface area (Å²) in [6.45, 7) is 0. The van der Waals surface area contributed by atoms with Crippen LogP contribution in [0, 0.1) is 0 Å². The van der Waals surface area contributed by atoms with Crippen LogP contribution < -0.4 is 4.74 Å². The number of carbonyl (C=O) groups excluding carboxylic acids is 2. The van der Waals surface area contributed by atoms with Gasteiger partial charge in [0, 0.05) is 10.0 Å². The zero-order chi connectivity index (χ0) is 18.4. The molecule has 0 heterocycles. The average Bonchev–Trinajstić information content (AvgIpc) is 2.68. The summed E-state index contributed by atoms with van der Waals surface area (Å²) >= 11 is 3.32. The van der Waals surface area contributed by atoms with Crippen molar-refractivity contribution in [3.8, 4) is 5.75 Å². The highest BCUT2D eigenvalue weighted by atomic mass is 79.9. The number of allylic oxidation sites excluding steroid dienone is 1. The fraction of sp³-hybridized carbons (Fsp3) is 0. The van der Waals surface area contributed by atoms with Gasteiger partial charge in [-0.25, -0.2) is 4.79 Å². The Labute approximate surface area is 160 Å². The van der Waals surface area contributed by atoms with Gasteiger partial charge in [-0.3, -0.25) is 4.79 Å². The van der Waals surface area contributed by atoms with E-state index in [9.17, 15) is 9.59 Å². The summed E-state index contributed by atoms with van der Waals surface area (Å²) in [5.41, 5.74) is 1.95. The van der Waals surface area contributed by atoms with Crippen LogP contribution in [0.25, 0.3) is 6.08 Å². The largest absolute Gasteiger partial charge is 0.423 e. The highest BCUT2D eigenvalue weighted by Crippen LogP contribution is 2.17. The summed E-state index contributed by atoms with van der Waals surface area (Å²) in [5, 5.41) is 0. The minimum atomic E-state index is -0.444. The molecule has 0 N–H and O–H groups in total. The second-order valence-electron chi connectivity index (χ2n) is 5.53. The molecule has 0 aliphatic rings. The topological polar surface area (TPSA) is 43.4 Å². The Morgan fingerprint density at radius 2 is 1.38 bits per heavy atom. The predicted molar refractivity (Wildman–Crippen MR) is 105 cm³/mol. The highest BCUT2D eigenvalue weighted by Gasteiger charge is 2.09. The molecule has 0 saturated carbocycles. The van der Waals surface area contributed by atoms with Gasteiger partial charge in [0.2, 0.25) is 0 Å². The highest BCUT2D eigenvalue weighted by molar-refractivity contribution is 9.10. The third-order valence-corrected chi connectivity index (χ3v) is 4.18. The molecule has 3 aromatic carbocycles. The molecule has 26 heavy (non-hydrogen) atoms. The number of ketones is 1. The molecule has 0 spiro atoms. The van der Waals surface area contributed by atoms with Crippen molar-refractivity contribution in [3.05, 3.63) is 106 Å². The van der Waals surface area contributed by atoms with Crippen molar-refractivity contribution in [3.63, 3.8) is 0 Å². The molecular formula is C22H15BrO3. The molecule has 0 bridgehead atoms. The van der Waals surface area contributed by atoms with Gasteiger partial charge in [0.25, 0.3) is 0 Å². The van der Waals surface area contributed by atoms with E-state index in [0.29, 0.717) is 16.9 Å². The second-order valence-corrected chi connectivity index (χ2v) is 6.44. The van der Waals surface area contributed by atoms with Gasteiger partial charge in [-0.1, -0.05) is 52.3 Å². The Balaban J connectivity index is 1.64. The van der Waals surface area contributed by atoms with Crippen LogP contribution in [0.3, 0.4) is 0 Å². The fourth-order valence-electron chi connectivity index (χ4n) is 2.27. The first-order valence-corrected chi connectivity index (χ1v) is 8.76. The lowest BCUT2D eigenvalue weighted by atomic mass is 10.1. The molecule has 0 fully saturated rings. The van der Waals surface area contributed by atoms with E-state index in [-0.39, 0.29) is 5.78 Å². The lowest BCUT2D eigenvalue weighted by molar-refractivity contribution is 0.0734. The Bertz CT molecular complexity index is 927. The molecule has 0 radical (unpaired) electrons. The van der Waals surface area contributed by atoms with E-state index in [0.717, 1.165) is 10.0 Å². The van der Waals surface area contributed by atoms with Crippen molar-refractivity contribution in [2.24, 2.45) is 0 Å². The molecule has 0 unspecified atom stereocenters. The second kappa shape index (κ2) is 8.41. The number of halogens is 1. The van der Waals surface area contributed by atoms with Gasteiger partial charge in [0.1, 0.15) is 5.75 Å². The van der Waals surface area contributed by atoms with Gasteiger partial charge in [0.05, 0.1) is 5.56 Å². The monoisotopic (exact) mass is 406 g/mol. The van der Waals surface area contributed by atoms with E-state index in [1.54, 1.807) is 54.6 Å². The summed E-state index contributed by atoms with van der Waals surface area (Å²) in [4.78, 5) is 24.3. The van der Waals surface area contributed by atoms with Crippen LogP contribution in [-0.4, -0.2) is 11.8 Å². The van der Waals surface area contributed by atoms with Crippen molar-refractivity contribution >= 4 is 33.8 Å². The zero-order valence-electron chi connectivity index (χ0n) is 13.8. The van der Waals surface area contributed by atoms with Crippen molar-refractivity contribution < 1.29 is 14.3 Å². The molecular weight excluding hydrogens is 392 g/mol. The third kappa shape index (κ3) is 4.77. The standard InChI is InChI=1S/C22H15BrO3/c23-19-11-7-18(8-12-19)22(25)26-20-13-9-17(10-14-20)21(24)15-6-16-4-2-1-3-5-16/h1-15H/b15-6+. The molecule has 128 valence electrons. The smallest absolute Gasteiger partial charge is 0.343 e. The molecule has 0 aliphatic heterocycles. The quantitative estimate of drug-likeness (QED) is 0.241. The molecule has 4 heteroatoms. The summed E-state index contributed by atoms with van der Waals surface area (Å²) in [7, 11) is 0. The van der Waals surface area contributed by atoms with Gasteiger partial charge in [-0.2, -0.15) is 0 Å². The van der Waals surface area contributed by atoms with Crippen LogP contribution in [0.2, 0.25) is 0 Å². The van der Waals surface area contributed by atoms with Crippen LogP contribution >= 0.6 is 15.9 Å². The summed E-state index contributed by atoms with van der Waals surface area (Å²) in [5.74, 6) is -0.165. The van der Waals surface area contributed by atoms with E-state index < -0.39 is 5.97 Å². The van der Waals surface area contributed by atoms with Gasteiger partial charge in [0.15, 0.2) is 5.78 Å². The van der Waals surface area contributed by atoms with Crippen LogP contribution in [0.15, 0.2) is 89.4 Å². The predicted octanol–water partition coefficient (Wildman–Crippen LogP) is 5.56. The molecule has 0 aliphatic carbocycles. The van der Waals surface area contributed by atoms with Crippen LogP contribution in [0.4, 0.5) is 0 Å². The number of ether oxygens (including phenoxy) is 1. The Hall–Kier alpha value is -2.98. The minimum Gasteiger partial charge on any atom is -0.423 e. The number of hydrogen-bond donors (Lipinski definition) is 0. The Kier molecular flexibility index (Phi) is 5.77. The van der Waals surface area contributed by atoms with Gasteiger partial charge < -0.3 is 4.74 Å². The Morgan fingerprint density at radius 1 is 0.769 bits per heavy atom. The summed E-state index contributed by atoms with van der Waals surface area (Å²) < 4.78 is 6.21. The van der Waals surface area contributed by atoms with Gasteiger partial charge >= 0.3 is 5.97 Å². The van der Waals surface area contributed by atoms with Crippen molar-refractivity contribution in [2.45, 2.75) is 0 Å². The first-order valence-electron chi connectivity index (χ1n) is 7.97. The average molecular weight is 407 g/mol. The summed E-state index contributed by atoms with van der Waals surface area (Å²) in [6, 6.07) is 23.0. The number of carbonyl (C=O) groups is 2. The van der Waals surface area contributed by atoms with Gasteiger partial charge in [-0.15, -0.1) is 0 Å². The molecule has 0 saturated heterocycles. The number of benzene rings is 3. The maximum absolute atomic E-state index is 12.2. The minimum absolute atomic E-state index is 0.111. The SMILES string of the molecule is O=C(/C=C/c1ccccc1)c1ccc(OC(=O)c2ccc(Br)cc2)cc1. The van der Waals surface area contributed by atoms with Gasteiger partial charge in [-0.05, 0) is 60.2 Å². The normalized spacial score (nSPS) is 10.7. The molecule has 3 rings (SSSR count). The van der Waals surface area contributed by atoms with Crippen LogP contribution in [0.1, 0.15) is 26.3 Å². The first-order chi connectivity index (χ1) is 12.6. The van der Waals surface area contributed by atoms with E-state index >= 15 is 0 Å². The van der Waals surface area contributed by atoms with Crippen molar-refractivity contribution in [1.29, 1.82) is 0 Å². The number of esters is 1. The molecule has 0 atom stereocenters. The van der Waals surface area contributed by atoms with E-state index in [1.807, 2.05) is 30.3 Å². The molecule has 3 aromatic rings. The van der Waals surface area contributed by atoms with E-state index in [4.69, 9.17) is 4.74 Å². The van der Waals surface area contributed by atoms with E-state index in [2.05, 4.69) is 15.9 Å². The molecule has 3 nitrogen and oxygen atoms in total. The first kappa shape index (κ1) is 17.8. The van der Waals surface area contributed by atoms with Crippen molar-refractivity contribution in [2.75, 3.05) is 0 Å². The van der Waals surface area contributed by atoms with Crippen LogP contribution in [0.5, 0.6) is 5.75 Å². The maximum atomic E-state index is 12.2. The van der Waals surface area contributed by atoms with E-state index in [1.165, 1.54) is 6.08 Å². The molecule has 0 amide bonds. The fourth-order valence-corrected chi connectivity index (χ4v) is 2.54. The van der Waals surface area contributed by atoms with Crippen LogP contribution in [-0.2, 0) is 0 Å².